The molecule has 1 unspecified atom stereocenters. The fourth-order valence-electron chi connectivity index (χ4n) is 3.31. The highest BCUT2D eigenvalue weighted by atomic mass is 16.6. The smallest absolute Gasteiger partial charge is 0.338 e. The lowest BCUT2D eigenvalue weighted by molar-refractivity contribution is -0.143. The first-order valence-electron chi connectivity index (χ1n) is 9.22. The Labute approximate surface area is 168 Å². The van der Waals surface area contributed by atoms with E-state index in [2.05, 4.69) is 0 Å². The Morgan fingerprint density at radius 3 is 2.28 bits per heavy atom. The van der Waals surface area contributed by atoms with Crippen molar-refractivity contribution in [3.05, 3.63) is 59.2 Å². The highest BCUT2D eigenvalue weighted by Gasteiger charge is 2.37. The summed E-state index contributed by atoms with van der Waals surface area (Å²) >= 11 is 0. The van der Waals surface area contributed by atoms with Crippen LogP contribution in [0.2, 0.25) is 0 Å². The lowest BCUT2D eigenvalue weighted by Gasteiger charge is -2.22. The van der Waals surface area contributed by atoms with Crippen LogP contribution in [0.3, 0.4) is 0 Å². The van der Waals surface area contributed by atoms with Gasteiger partial charge in [-0.2, -0.15) is 0 Å². The van der Waals surface area contributed by atoms with Gasteiger partial charge in [-0.25, -0.2) is 9.59 Å². The van der Waals surface area contributed by atoms with Crippen LogP contribution in [0, 0.1) is 0 Å². The van der Waals surface area contributed by atoms with Gasteiger partial charge in [0.1, 0.15) is 5.60 Å². The summed E-state index contributed by atoms with van der Waals surface area (Å²) in [5.74, 6) is -2.10. The van der Waals surface area contributed by atoms with Crippen molar-refractivity contribution in [2.24, 2.45) is 0 Å². The number of rotatable bonds is 5. The van der Waals surface area contributed by atoms with Gasteiger partial charge in [-0.05, 0) is 55.7 Å². The Morgan fingerprint density at radius 1 is 1.10 bits per heavy atom. The molecule has 0 fully saturated rings. The van der Waals surface area contributed by atoms with Crippen molar-refractivity contribution in [1.82, 2.24) is 4.90 Å². The van der Waals surface area contributed by atoms with Crippen LogP contribution in [0.25, 0.3) is 11.1 Å². The summed E-state index contributed by atoms with van der Waals surface area (Å²) < 4.78 is 5.36. The molecule has 1 atom stereocenters. The van der Waals surface area contributed by atoms with Gasteiger partial charge >= 0.3 is 11.9 Å². The molecule has 1 amide bonds. The van der Waals surface area contributed by atoms with Crippen molar-refractivity contribution in [3.8, 4) is 11.1 Å². The Balaban J connectivity index is 1.91. The van der Waals surface area contributed by atoms with Crippen LogP contribution in [0.15, 0.2) is 42.5 Å². The monoisotopic (exact) mass is 397 g/mol. The number of carbonyl (C=O) groups is 3. The van der Waals surface area contributed by atoms with Gasteiger partial charge in [0.25, 0.3) is 5.91 Å². The third-order valence-electron chi connectivity index (χ3n) is 4.66. The largest absolute Gasteiger partial charge is 0.480 e. The summed E-state index contributed by atoms with van der Waals surface area (Å²) in [6.07, 6.45) is 0. The first-order valence-corrected chi connectivity index (χ1v) is 9.22. The number of esters is 1. The van der Waals surface area contributed by atoms with Gasteiger partial charge in [-0.3, -0.25) is 4.79 Å². The van der Waals surface area contributed by atoms with Crippen LogP contribution in [0.1, 0.15) is 47.1 Å². The number of fused-ring (bicyclic) bond motifs is 1. The zero-order chi connectivity index (χ0) is 21.3. The number of aliphatic hydroxyl groups excluding tert-OH is 1. The van der Waals surface area contributed by atoms with E-state index in [1.54, 1.807) is 57.2 Å². The van der Waals surface area contributed by atoms with Crippen molar-refractivity contribution in [3.63, 3.8) is 0 Å². The van der Waals surface area contributed by atoms with Gasteiger partial charge in [0.2, 0.25) is 0 Å². The predicted octanol–water partition coefficient (Wildman–Crippen LogP) is 2.71. The number of hydrogen-bond donors (Lipinski definition) is 2. The molecular weight excluding hydrogens is 374 g/mol. The fraction of sp³-hybridized carbons (Fsp3) is 0.318. The molecule has 1 heterocycles. The van der Waals surface area contributed by atoms with Gasteiger partial charge in [-0.1, -0.05) is 24.3 Å². The molecule has 3 rings (SSSR count). The summed E-state index contributed by atoms with van der Waals surface area (Å²) in [6, 6.07) is 10.8. The van der Waals surface area contributed by atoms with Gasteiger partial charge in [0.05, 0.1) is 12.2 Å². The third-order valence-corrected chi connectivity index (χ3v) is 4.66. The van der Waals surface area contributed by atoms with E-state index >= 15 is 0 Å². The maximum Gasteiger partial charge on any atom is 0.338 e. The van der Waals surface area contributed by atoms with Crippen molar-refractivity contribution in [1.29, 1.82) is 0 Å². The summed E-state index contributed by atoms with van der Waals surface area (Å²) in [5.41, 5.74) is 2.50. The number of carboxylic acid groups (broad SMARTS) is 1. The predicted molar refractivity (Wildman–Crippen MR) is 105 cm³/mol. The van der Waals surface area contributed by atoms with Crippen LogP contribution < -0.4 is 0 Å². The average Bonchev–Trinajstić information content (AvgIpc) is 2.98. The Morgan fingerprint density at radius 2 is 1.72 bits per heavy atom. The van der Waals surface area contributed by atoms with E-state index in [0.29, 0.717) is 16.7 Å². The first-order chi connectivity index (χ1) is 13.6. The van der Waals surface area contributed by atoms with Crippen LogP contribution in [-0.4, -0.2) is 51.2 Å². The second-order valence-electron chi connectivity index (χ2n) is 7.88. The van der Waals surface area contributed by atoms with Gasteiger partial charge in [-0.15, -0.1) is 0 Å². The number of carboxylic acids is 1. The lowest BCUT2D eigenvalue weighted by Crippen LogP contribution is -2.43. The minimum atomic E-state index is -1.29. The molecule has 29 heavy (non-hydrogen) atoms. The molecule has 0 aromatic heterocycles. The number of aliphatic hydroxyl groups is 1. The molecule has 1 aliphatic rings. The summed E-state index contributed by atoms with van der Waals surface area (Å²) in [7, 11) is 0. The van der Waals surface area contributed by atoms with Crippen molar-refractivity contribution in [2.45, 2.75) is 39.0 Å². The van der Waals surface area contributed by atoms with Crippen LogP contribution in [-0.2, 0) is 16.1 Å². The SMILES string of the molecule is CC(C)(C)OC(=O)c1ccc(-c2cccc3c2CN(C(CO)C(=O)O)C3=O)cc1. The maximum atomic E-state index is 12.7. The number of hydrogen-bond acceptors (Lipinski definition) is 5. The van der Waals surface area contributed by atoms with Gasteiger partial charge < -0.3 is 19.8 Å². The highest BCUT2D eigenvalue weighted by molar-refractivity contribution is 6.02. The average molecular weight is 397 g/mol. The molecule has 2 aromatic rings. The highest BCUT2D eigenvalue weighted by Crippen LogP contribution is 2.34. The Kier molecular flexibility index (Phi) is 5.44. The number of ether oxygens (including phenoxy) is 1. The van der Waals surface area contributed by atoms with Crippen LogP contribution in [0.5, 0.6) is 0 Å². The molecule has 0 bridgehead atoms. The third kappa shape index (κ3) is 4.14. The molecule has 0 radical (unpaired) electrons. The minimum absolute atomic E-state index is 0.0929. The zero-order valence-electron chi connectivity index (χ0n) is 16.5. The maximum absolute atomic E-state index is 12.7. The molecular formula is C22H23NO6. The normalized spacial score (nSPS) is 14.5. The molecule has 0 spiro atoms. The summed E-state index contributed by atoms with van der Waals surface area (Å²) in [6.45, 7) is 4.83. The van der Waals surface area contributed by atoms with Crippen LogP contribution >= 0.6 is 0 Å². The molecule has 2 N–H and O–H groups in total. The number of carbonyl (C=O) groups excluding carboxylic acids is 2. The fourth-order valence-corrected chi connectivity index (χ4v) is 3.31. The van der Waals surface area contributed by atoms with E-state index in [1.807, 2.05) is 6.07 Å². The molecule has 1 aliphatic heterocycles. The molecule has 0 saturated carbocycles. The zero-order valence-corrected chi connectivity index (χ0v) is 16.5. The van der Waals surface area contributed by atoms with E-state index in [9.17, 15) is 24.6 Å². The van der Waals surface area contributed by atoms with Crippen molar-refractivity contribution in [2.75, 3.05) is 6.61 Å². The Bertz CT molecular complexity index is 958. The standard InChI is InChI=1S/C22H23NO6/c1-22(2,3)29-21(28)14-9-7-13(8-10-14)15-5-4-6-16-17(15)11-23(19(16)25)18(12-24)20(26)27/h4-10,18,24H,11-12H2,1-3H3,(H,26,27). The summed E-state index contributed by atoms with van der Waals surface area (Å²) in [5, 5.41) is 18.7. The topological polar surface area (TPSA) is 104 Å². The molecule has 7 heteroatoms. The van der Waals surface area contributed by atoms with E-state index < -0.39 is 36.1 Å². The molecule has 2 aromatic carbocycles. The second kappa shape index (κ2) is 7.67. The van der Waals surface area contributed by atoms with E-state index in [1.165, 1.54) is 0 Å². The number of aliphatic carboxylic acids is 1. The van der Waals surface area contributed by atoms with E-state index in [4.69, 9.17) is 4.74 Å². The molecule has 152 valence electrons. The van der Waals surface area contributed by atoms with E-state index in [-0.39, 0.29) is 6.54 Å². The minimum Gasteiger partial charge on any atom is -0.480 e. The summed E-state index contributed by atoms with van der Waals surface area (Å²) in [4.78, 5) is 37.4. The number of nitrogens with zero attached hydrogens (tertiary/aromatic N) is 1. The number of amides is 1. The van der Waals surface area contributed by atoms with Crippen molar-refractivity contribution < 1.29 is 29.3 Å². The van der Waals surface area contributed by atoms with Crippen molar-refractivity contribution >= 4 is 17.8 Å². The Hall–Kier alpha value is -3.19. The molecule has 0 aliphatic carbocycles. The molecule has 7 nitrogen and oxygen atoms in total. The van der Waals surface area contributed by atoms with Gasteiger partial charge in [0, 0.05) is 12.1 Å². The lowest BCUT2D eigenvalue weighted by atomic mass is 9.96. The quantitative estimate of drug-likeness (QED) is 0.752. The number of benzene rings is 2. The van der Waals surface area contributed by atoms with E-state index in [0.717, 1.165) is 16.0 Å². The van der Waals surface area contributed by atoms with Crippen LogP contribution in [0.4, 0.5) is 0 Å². The van der Waals surface area contributed by atoms with Gasteiger partial charge in [0.15, 0.2) is 6.04 Å². The first kappa shape index (κ1) is 20.5. The molecule has 0 saturated heterocycles. The second-order valence-corrected chi connectivity index (χ2v) is 7.88.